The molecule has 0 bridgehead atoms. The average molecular weight is 136 g/mol. The number of aromatic nitrogens is 2. The number of nitrogen functional groups attached to an aromatic ring is 1. The number of anilines is 1. The van der Waals surface area contributed by atoms with Gasteiger partial charge in [0.2, 0.25) is 0 Å². The second-order valence-electron chi connectivity index (χ2n) is 1.64. The Bertz CT molecular complexity index is 334. The molecule has 50 valence electrons. The first-order chi connectivity index (χ1) is 4.75. The van der Waals surface area contributed by atoms with Crippen molar-refractivity contribution in [1.29, 1.82) is 5.26 Å². The van der Waals surface area contributed by atoms with Gasteiger partial charge in [0.25, 0.3) is 5.56 Å². The maximum absolute atomic E-state index is 10.6. The fourth-order valence-corrected chi connectivity index (χ4v) is 0.497. The molecular weight excluding hydrogens is 132 g/mol. The van der Waals surface area contributed by atoms with Gasteiger partial charge in [0, 0.05) is 0 Å². The summed E-state index contributed by atoms with van der Waals surface area (Å²) in [5, 5.41) is 13.8. The van der Waals surface area contributed by atoms with Crippen LogP contribution in [0.15, 0.2) is 11.0 Å². The van der Waals surface area contributed by atoms with Crippen molar-refractivity contribution in [3.8, 4) is 6.07 Å². The van der Waals surface area contributed by atoms with Crippen LogP contribution in [0.3, 0.4) is 0 Å². The van der Waals surface area contributed by atoms with Crippen LogP contribution in [0.25, 0.3) is 0 Å². The van der Waals surface area contributed by atoms with Crippen molar-refractivity contribution in [2.45, 2.75) is 0 Å². The molecule has 10 heavy (non-hydrogen) atoms. The molecule has 0 saturated carbocycles. The van der Waals surface area contributed by atoms with E-state index in [-0.39, 0.29) is 11.3 Å². The van der Waals surface area contributed by atoms with Crippen LogP contribution < -0.4 is 11.3 Å². The maximum atomic E-state index is 10.6. The van der Waals surface area contributed by atoms with Crippen LogP contribution >= 0.6 is 0 Å². The number of nitrogens with one attached hydrogen (secondary N) is 1. The van der Waals surface area contributed by atoms with Gasteiger partial charge in [-0.2, -0.15) is 10.4 Å². The zero-order valence-electron chi connectivity index (χ0n) is 4.96. The van der Waals surface area contributed by atoms with Gasteiger partial charge >= 0.3 is 0 Å². The lowest BCUT2D eigenvalue weighted by molar-refractivity contribution is 0.987. The Hall–Kier alpha value is -1.83. The molecule has 0 atom stereocenters. The summed E-state index contributed by atoms with van der Waals surface area (Å²) in [5.41, 5.74) is 4.67. The van der Waals surface area contributed by atoms with Crippen LogP contribution in [-0.4, -0.2) is 10.2 Å². The van der Waals surface area contributed by atoms with Gasteiger partial charge in [-0.05, 0) is 0 Å². The van der Waals surface area contributed by atoms with Crippen molar-refractivity contribution < 1.29 is 0 Å². The molecule has 1 aromatic heterocycles. The summed E-state index contributed by atoms with van der Waals surface area (Å²) < 4.78 is 0. The predicted molar refractivity (Wildman–Crippen MR) is 34.0 cm³/mol. The lowest BCUT2D eigenvalue weighted by Crippen LogP contribution is -2.14. The van der Waals surface area contributed by atoms with Crippen molar-refractivity contribution in [3.63, 3.8) is 0 Å². The van der Waals surface area contributed by atoms with Gasteiger partial charge in [0.05, 0.1) is 6.20 Å². The molecule has 0 aliphatic rings. The Balaban J connectivity index is 3.46. The van der Waals surface area contributed by atoms with E-state index in [1.807, 2.05) is 0 Å². The minimum Gasteiger partial charge on any atom is -0.393 e. The average Bonchev–Trinajstić information content (AvgIpc) is 1.95. The van der Waals surface area contributed by atoms with Crippen molar-refractivity contribution in [1.82, 2.24) is 10.2 Å². The van der Waals surface area contributed by atoms with E-state index >= 15 is 0 Å². The van der Waals surface area contributed by atoms with E-state index < -0.39 is 5.56 Å². The van der Waals surface area contributed by atoms with E-state index in [1.165, 1.54) is 6.20 Å². The van der Waals surface area contributed by atoms with Gasteiger partial charge < -0.3 is 5.73 Å². The Kier molecular flexibility index (Phi) is 1.38. The molecule has 1 aromatic rings. The minimum atomic E-state index is -0.529. The molecule has 0 fully saturated rings. The molecule has 5 nitrogen and oxygen atoms in total. The molecule has 0 aromatic carbocycles. The first-order valence-corrected chi connectivity index (χ1v) is 2.49. The van der Waals surface area contributed by atoms with Crippen molar-refractivity contribution >= 4 is 5.69 Å². The smallest absolute Gasteiger partial charge is 0.288 e. The first-order valence-electron chi connectivity index (χ1n) is 2.49. The maximum Gasteiger partial charge on any atom is 0.288 e. The summed E-state index contributed by atoms with van der Waals surface area (Å²) in [6.45, 7) is 0. The quantitative estimate of drug-likeness (QED) is 0.489. The third-order valence-corrected chi connectivity index (χ3v) is 1.01. The highest BCUT2D eigenvalue weighted by molar-refractivity contribution is 5.49. The number of aromatic amines is 1. The lowest BCUT2D eigenvalue weighted by atomic mass is 10.3. The highest BCUT2D eigenvalue weighted by Crippen LogP contribution is 1.97. The van der Waals surface area contributed by atoms with Crippen LogP contribution in [0.2, 0.25) is 0 Å². The third-order valence-electron chi connectivity index (χ3n) is 1.01. The predicted octanol–water partition coefficient (Wildman–Crippen LogP) is -0.776. The van der Waals surface area contributed by atoms with E-state index in [0.717, 1.165) is 0 Å². The number of nitriles is 1. The topological polar surface area (TPSA) is 95.6 Å². The molecule has 1 rings (SSSR count). The van der Waals surface area contributed by atoms with Gasteiger partial charge in [-0.3, -0.25) is 4.79 Å². The molecule has 0 spiro atoms. The largest absolute Gasteiger partial charge is 0.393 e. The molecule has 0 unspecified atom stereocenters. The number of nitrogens with zero attached hydrogens (tertiary/aromatic N) is 2. The van der Waals surface area contributed by atoms with Crippen LogP contribution in [0.1, 0.15) is 5.56 Å². The molecule has 1 heterocycles. The first kappa shape index (κ1) is 6.29. The summed E-state index contributed by atoms with van der Waals surface area (Å²) in [6.07, 6.45) is 1.21. The second-order valence-corrected chi connectivity index (χ2v) is 1.64. The SMILES string of the molecule is N#Cc1cn[nH]c(=O)c1N. The van der Waals surface area contributed by atoms with Crippen LogP contribution in [-0.2, 0) is 0 Å². The summed E-state index contributed by atoms with van der Waals surface area (Å²) in [4.78, 5) is 10.6. The van der Waals surface area contributed by atoms with Gasteiger partial charge in [-0.25, -0.2) is 5.10 Å². The Labute approximate surface area is 56.1 Å². The molecule has 0 aliphatic heterocycles. The van der Waals surface area contributed by atoms with Gasteiger partial charge in [-0.1, -0.05) is 0 Å². The minimum absolute atomic E-state index is 0.0856. The van der Waals surface area contributed by atoms with Gasteiger partial charge in [0.1, 0.15) is 17.3 Å². The van der Waals surface area contributed by atoms with E-state index in [2.05, 4.69) is 10.2 Å². The van der Waals surface area contributed by atoms with E-state index in [4.69, 9.17) is 11.0 Å². The Morgan fingerprint density at radius 1 is 1.80 bits per heavy atom. The van der Waals surface area contributed by atoms with Gasteiger partial charge in [0.15, 0.2) is 0 Å². The number of nitrogens with two attached hydrogens (primary N) is 1. The lowest BCUT2D eigenvalue weighted by Gasteiger charge is -1.90. The number of H-pyrrole nitrogens is 1. The van der Waals surface area contributed by atoms with Crippen molar-refractivity contribution in [3.05, 3.63) is 22.1 Å². The fraction of sp³-hybridized carbons (Fsp3) is 0. The summed E-state index contributed by atoms with van der Waals surface area (Å²) >= 11 is 0. The van der Waals surface area contributed by atoms with Crippen LogP contribution in [0, 0.1) is 11.3 Å². The van der Waals surface area contributed by atoms with Crippen molar-refractivity contribution in [2.75, 3.05) is 5.73 Å². The highest BCUT2D eigenvalue weighted by Gasteiger charge is 1.99. The standard InChI is InChI=1S/C5H4N4O/c6-1-3-2-8-9-5(10)4(3)7/h2H,(H2,7,8)(H,9,10). The molecule has 0 amide bonds. The molecule has 0 saturated heterocycles. The normalized spacial score (nSPS) is 8.70. The van der Waals surface area contributed by atoms with Crippen LogP contribution in [0.4, 0.5) is 5.69 Å². The van der Waals surface area contributed by atoms with Gasteiger partial charge in [-0.15, -0.1) is 0 Å². The summed E-state index contributed by atoms with van der Waals surface area (Å²) in [6, 6.07) is 1.73. The zero-order valence-corrected chi connectivity index (χ0v) is 4.96. The van der Waals surface area contributed by atoms with E-state index in [1.54, 1.807) is 6.07 Å². The van der Waals surface area contributed by atoms with E-state index in [0.29, 0.717) is 0 Å². The number of hydrogen-bond donors (Lipinski definition) is 2. The Morgan fingerprint density at radius 3 is 3.00 bits per heavy atom. The monoisotopic (exact) mass is 136 g/mol. The second kappa shape index (κ2) is 2.19. The number of rotatable bonds is 0. The zero-order chi connectivity index (χ0) is 7.56. The summed E-state index contributed by atoms with van der Waals surface area (Å²) in [5.74, 6) is 0. The molecule has 3 N–H and O–H groups in total. The molecular formula is C5H4N4O. The fourth-order valence-electron chi connectivity index (χ4n) is 0.497. The van der Waals surface area contributed by atoms with E-state index in [9.17, 15) is 4.79 Å². The molecule has 0 aliphatic carbocycles. The van der Waals surface area contributed by atoms with Crippen LogP contribution in [0.5, 0.6) is 0 Å². The highest BCUT2D eigenvalue weighted by atomic mass is 16.1. The summed E-state index contributed by atoms with van der Waals surface area (Å²) in [7, 11) is 0. The molecule has 5 heteroatoms. The number of hydrogen-bond acceptors (Lipinski definition) is 4. The molecule has 0 radical (unpaired) electrons. The van der Waals surface area contributed by atoms with Crippen molar-refractivity contribution in [2.24, 2.45) is 0 Å². The Morgan fingerprint density at radius 2 is 2.50 bits per heavy atom. The third kappa shape index (κ3) is 0.821.